The predicted molar refractivity (Wildman–Crippen MR) is 109 cm³/mol. The summed E-state index contributed by atoms with van der Waals surface area (Å²) in [7, 11) is 1.95. The molecule has 1 aliphatic rings. The highest BCUT2D eigenvalue weighted by atomic mass is 32.1. The minimum absolute atomic E-state index is 0.163. The van der Waals surface area contributed by atoms with Gasteiger partial charge in [0.2, 0.25) is 5.91 Å². The van der Waals surface area contributed by atoms with Gasteiger partial charge in [-0.15, -0.1) is 11.3 Å². The summed E-state index contributed by atoms with van der Waals surface area (Å²) in [6.45, 7) is 3.15. The van der Waals surface area contributed by atoms with E-state index in [9.17, 15) is 4.79 Å². The Kier molecular flexibility index (Phi) is 5.55. The van der Waals surface area contributed by atoms with Crippen molar-refractivity contribution >= 4 is 22.2 Å². The van der Waals surface area contributed by atoms with Crippen LogP contribution in [0, 0.1) is 0 Å². The third-order valence-corrected chi connectivity index (χ3v) is 6.23. The standard InChI is InChI=1S/C21H26N4OS/c1-23(20(26)14-18-15-25-12-13-27-21(25)22-18)19-8-5-10-24(16-19)11-9-17-6-3-2-4-7-17/h2-4,6-7,12-13,15,19H,5,8-11,14,16H2,1H3/t19-/m0/s1. The number of thiazole rings is 1. The number of hydrogen-bond donors (Lipinski definition) is 0. The summed E-state index contributed by atoms with van der Waals surface area (Å²) in [5.41, 5.74) is 2.24. The zero-order chi connectivity index (χ0) is 18.6. The normalized spacial score (nSPS) is 18.0. The van der Waals surface area contributed by atoms with Crippen molar-refractivity contribution in [3.8, 4) is 0 Å². The molecule has 0 N–H and O–H groups in total. The van der Waals surface area contributed by atoms with Gasteiger partial charge in [-0.1, -0.05) is 30.3 Å². The first-order valence-corrected chi connectivity index (χ1v) is 10.5. The van der Waals surface area contributed by atoms with Crippen LogP contribution in [0.4, 0.5) is 0 Å². The molecule has 27 heavy (non-hydrogen) atoms. The summed E-state index contributed by atoms with van der Waals surface area (Å²) in [5, 5.41) is 2.01. The van der Waals surface area contributed by atoms with Crippen LogP contribution in [0.5, 0.6) is 0 Å². The van der Waals surface area contributed by atoms with E-state index in [1.54, 1.807) is 11.3 Å². The molecule has 6 heteroatoms. The van der Waals surface area contributed by atoms with E-state index >= 15 is 0 Å². The Bertz CT molecular complexity index is 859. The van der Waals surface area contributed by atoms with Gasteiger partial charge in [0.1, 0.15) is 0 Å². The predicted octanol–water partition coefficient (Wildman–Crippen LogP) is 3.10. The lowest BCUT2D eigenvalue weighted by Gasteiger charge is -2.37. The molecule has 1 fully saturated rings. The summed E-state index contributed by atoms with van der Waals surface area (Å²) in [4.78, 5) is 22.7. The molecule has 142 valence electrons. The van der Waals surface area contributed by atoms with Crippen molar-refractivity contribution in [3.05, 3.63) is 59.4 Å². The van der Waals surface area contributed by atoms with Crippen LogP contribution in [0.2, 0.25) is 0 Å². The minimum Gasteiger partial charge on any atom is -0.341 e. The molecule has 1 aliphatic heterocycles. The molecule has 1 amide bonds. The van der Waals surface area contributed by atoms with Crippen LogP contribution in [-0.2, 0) is 17.6 Å². The van der Waals surface area contributed by atoms with E-state index in [2.05, 4.69) is 40.2 Å². The maximum Gasteiger partial charge on any atom is 0.228 e. The number of aromatic nitrogens is 2. The first-order chi connectivity index (χ1) is 13.2. The monoisotopic (exact) mass is 382 g/mol. The maximum atomic E-state index is 12.8. The number of piperidine rings is 1. The van der Waals surface area contributed by atoms with Gasteiger partial charge in [0.15, 0.2) is 4.96 Å². The molecule has 1 saturated heterocycles. The SMILES string of the molecule is CN(C(=O)Cc1cn2ccsc2n1)[C@H]1CCCN(CCc2ccccc2)C1. The molecular weight excluding hydrogens is 356 g/mol. The number of benzene rings is 1. The lowest BCUT2D eigenvalue weighted by Crippen LogP contribution is -2.49. The molecule has 0 saturated carbocycles. The summed E-state index contributed by atoms with van der Waals surface area (Å²) in [6, 6.07) is 10.9. The van der Waals surface area contributed by atoms with E-state index in [0.717, 1.165) is 49.6 Å². The van der Waals surface area contributed by atoms with Crippen LogP contribution >= 0.6 is 11.3 Å². The molecule has 0 radical (unpaired) electrons. The molecule has 0 spiro atoms. The Hall–Kier alpha value is -2.18. The topological polar surface area (TPSA) is 40.9 Å². The summed E-state index contributed by atoms with van der Waals surface area (Å²) in [5.74, 6) is 0.163. The van der Waals surface area contributed by atoms with Crippen LogP contribution in [-0.4, -0.2) is 57.8 Å². The zero-order valence-electron chi connectivity index (χ0n) is 15.8. The Morgan fingerprint density at radius 2 is 2.19 bits per heavy atom. The number of carbonyl (C=O) groups is 1. The van der Waals surface area contributed by atoms with Crippen molar-refractivity contribution in [2.75, 3.05) is 26.7 Å². The molecule has 2 aromatic heterocycles. The van der Waals surface area contributed by atoms with E-state index in [0.29, 0.717) is 12.5 Å². The zero-order valence-corrected chi connectivity index (χ0v) is 16.6. The lowest BCUT2D eigenvalue weighted by molar-refractivity contribution is -0.132. The number of likely N-dealkylation sites (N-methyl/N-ethyl adjacent to an activating group) is 1. The Balaban J connectivity index is 1.31. The van der Waals surface area contributed by atoms with Crippen molar-refractivity contribution in [1.29, 1.82) is 0 Å². The van der Waals surface area contributed by atoms with Gasteiger partial charge < -0.3 is 9.80 Å². The van der Waals surface area contributed by atoms with Crippen LogP contribution in [0.15, 0.2) is 48.1 Å². The van der Waals surface area contributed by atoms with Crippen molar-refractivity contribution in [2.24, 2.45) is 0 Å². The van der Waals surface area contributed by atoms with Crippen LogP contribution in [0.25, 0.3) is 4.96 Å². The Morgan fingerprint density at radius 1 is 1.33 bits per heavy atom. The largest absolute Gasteiger partial charge is 0.341 e. The number of amides is 1. The number of hydrogen-bond acceptors (Lipinski definition) is 4. The Morgan fingerprint density at radius 3 is 3.00 bits per heavy atom. The highest BCUT2D eigenvalue weighted by Crippen LogP contribution is 2.17. The van der Waals surface area contributed by atoms with Crippen molar-refractivity contribution < 1.29 is 4.79 Å². The summed E-state index contributed by atoms with van der Waals surface area (Å²) >= 11 is 1.60. The van der Waals surface area contributed by atoms with Gasteiger partial charge in [0, 0.05) is 44.0 Å². The van der Waals surface area contributed by atoms with Gasteiger partial charge in [0.25, 0.3) is 0 Å². The quantitative estimate of drug-likeness (QED) is 0.658. The second-order valence-corrected chi connectivity index (χ2v) is 8.21. The Labute approximate surface area is 164 Å². The van der Waals surface area contributed by atoms with E-state index in [-0.39, 0.29) is 5.91 Å². The van der Waals surface area contributed by atoms with Gasteiger partial charge in [-0.25, -0.2) is 4.98 Å². The number of rotatable bonds is 6. The van der Waals surface area contributed by atoms with Crippen molar-refractivity contribution in [2.45, 2.75) is 31.7 Å². The number of carbonyl (C=O) groups excluding carboxylic acids is 1. The van der Waals surface area contributed by atoms with Gasteiger partial charge in [0.05, 0.1) is 12.1 Å². The number of nitrogens with zero attached hydrogens (tertiary/aromatic N) is 4. The number of likely N-dealkylation sites (tertiary alicyclic amines) is 1. The molecule has 5 nitrogen and oxygen atoms in total. The molecule has 3 heterocycles. The van der Waals surface area contributed by atoms with E-state index < -0.39 is 0 Å². The first-order valence-electron chi connectivity index (χ1n) is 9.62. The van der Waals surface area contributed by atoms with E-state index in [4.69, 9.17) is 0 Å². The third-order valence-electron chi connectivity index (χ3n) is 5.46. The molecule has 0 bridgehead atoms. The molecule has 1 atom stereocenters. The van der Waals surface area contributed by atoms with Gasteiger partial charge in [-0.2, -0.15) is 0 Å². The second kappa shape index (κ2) is 8.23. The van der Waals surface area contributed by atoms with Gasteiger partial charge >= 0.3 is 0 Å². The maximum absolute atomic E-state index is 12.8. The fraction of sp³-hybridized carbons (Fsp3) is 0.429. The van der Waals surface area contributed by atoms with Crippen molar-refractivity contribution in [3.63, 3.8) is 0 Å². The molecule has 4 rings (SSSR count). The molecule has 3 aromatic rings. The van der Waals surface area contributed by atoms with Crippen LogP contribution < -0.4 is 0 Å². The van der Waals surface area contributed by atoms with Gasteiger partial charge in [-0.05, 0) is 31.4 Å². The highest BCUT2D eigenvalue weighted by Gasteiger charge is 2.26. The van der Waals surface area contributed by atoms with Gasteiger partial charge in [-0.3, -0.25) is 9.20 Å². The molecular formula is C21H26N4OS. The smallest absolute Gasteiger partial charge is 0.228 e. The number of fused-ring (bicyclic) bond motifs is 1. The first kappa shape index (κ1) is 18.2. The van der Waals surface area contributed by atoms with Crippen LogP contribution in [0.1, 0.15) is 24.1 Å². The lowest BCUT2D eigenvalue weighted by atomic mass is 10.0. The highest BCUT2D eigenvalue weighted by molar-refractivity contribution is 7.15. The average Bonchev–Trinajstić information content (AvgIpc) is 3.28. The fourth-order valence-corrected chi connectivity index (χ4v) is 4.55. The second-order valence-electron chi connectivity index (χ2n) is 7.34. The van der Waals surface area contributed by atoms with Crippen LogP contribution in [0.3, 0.4) is 0 Å². The van der Waals surface area contributed by atoms with E-state index in [1.165, 1.54) is 5.56 Å². The molecule has 0 aliphatic carbocycles. The molecule has 0 unspecified atom stereocenters. The fourth-order valence-electron chi connectivity index (χ4n) is 3.83. The minimum atomic E-state index is 0.163. The van der Waals surface area contributed by atoms with E-state index in [1.807, 2.05) is 34.1 Å². The third kappa shape index (κ3) is 4.39. The number of imidazole rings is 1. The summed E-state index contributed by atoms with van der Waals surface area (Å²) < 4.78 is 1.99. The summed E-state index contributed by atoms with van der Waals surface area (Å²) in [6.07, 6.45) is 7.63. The average molecular weight is 383 g/mol. The molecule has 1 aromatic carbocycles. The van der Waals surface area contributed by atoms with Crippen molar-refractivity contribution in [1.82, 2.24) is 19.2 Å².